The predicted molar refractivity (Wildman–Crippen MR) is 103 cm³/mol. The molecule has 2 atom stereocenters. The van der Waals surface area contributed by atoms with Crippen molar-refractivity contribution >= 4 is 12.1 Å². The highest BCUT2D eigenvalue weighted by Crippen LogP contribution is 2.34. The van der Waals surface area contributed by atoms with Crippen LogP contribution in [0.5, 0.6) is 0 Å². The van der Waals surface area contributed by atoms with Crippen LogP contribution in [0.4, 0.5) is 18.4 Å². The third kappa shape index (κ3) is 4.79. The summed E-state index contributed by atoms with van der Waals surface area (Å²) in [6, 6.07) is 2.64. The van der Waals surface area contributed by atoms with Crippen molar-refractivity contribution in [1.82, 2.24) is 20.4 Å². The number of β-amino-alcohol motifs (C(OH)–C–C–N with tert-alkyl or cyclic N) is 1. The van der Waals surface area contributed by atoms with Gasteiger partial charge in [-0.15, -0.1) is 0 Å². The first-order chi connectivity index (χ1) is 14.1. The first-order valence-electron chi connectivity index (χ1n) is 9.78. The van der Waals surface area contributed by atoms with Crippen LogP contribution in [0.1, 0.15) is 36.0 Å². The number of hydrogen-bond acceptors (Lipinski definition) is 4. The maximum atomic E-state index is 14.5. The molecule has 1 aromatic carbocycles. The minimum atomic E-state index is -2.61. The van der Waals surface area contributed by atoms with E-state index in [0.29, 0.717) is 5.56 Å². The molecule has 1 heterocycles. The van der Waals surface area contributed by atoms with Crippen molar-refractivity contribution in [2.75, 3.05) is 20.1 Å². The molecule has 1 aliphatic heterocycles. The third-order valence-corrected chi connectivity index (χ3v) is 5.43. The number of benzene rings is 1. The number of hydrogen-bond donors (Lipinski definition) is 3. The molecule has 4 amide bonds. The van der Waals surface area contributed by atoms with Gasteiger partial charge in [0.25, 0.3) is 0 Å². The van der Waals surface area contributed by atoms with Gasteiger partial charge in [0.05, 0.1) is 24.2 Å². The third-order valence-electron chi connectivity index (χ3n) is 5.43. The minimum absolute atomic E-state index is 0.0835. The number of carbonyl (C=O) groups is 2. The van der Waals surface area contributed by atoms with Crippen molar-refractivity contribution in [2.45, 2.75) is 50.7 Å². The average Bonchev–Trinajstić information content (AvgIpc) is 3.51. The van der Waals surface area contributed by atoms with E-state index in [0.717, 1.165) is 23.8 Å². The highest BCUT2D eigenvalue weighted by Gasteiger charge is 2.47. The lowest BCUT2D eigenvalue weighted by Gasteiger charge is -2.43. The van der Waals surface area contributed by atoms with Crippen molar-refractivity contribution < 1.29 is 23.5 Å². The molecule has 1 unspecified atom stereocenters. The molecule has 3 N–H and O–H groups in total. The van der Waals surface area contributed by atoms with E-state index < -0.39 is 36.3 Å². The van der Waals surface area contributed by atoms with Gasteiger partial charge in [-0.25, -0.2) is 18.4 Å². The van der Waals surface area contributed by atoms with E-state index in [1.54, 1.807) is 6.92 Å². The fourth-order valence-electron chi connectivity index (χ4n) is 3.84. The molecule has 2 aliphatic rings. The number of likely N-dealkylation sites (tertiary alicyclic amines) is 1. The summed E-state index contributed by atoms with van der Waals surface area (Å²) in [5, 5.41) is 24.0. The smallest absolute Gasteiger partial charge is 0.318 e. The lowest BCUT2D eigenvalue weighted by Crippen LogP contribution is -2.61. The number of rotatable bonds is 4. The van der Waals surface area contributed by atoms with Gasteiger partial charge in [-0.05, 0) is 31.4 Å². The largest absolute Gasteiger partial charge is 0.360 e. The molecule has 1 saturated heterocycles. The molecular weight excluding hydrogens is 396 g/mol. The second-order valence-corrected chi connectivity index (χ2v) is 7.88. The number of alkyl halides is 1. The van der Waals surface area contributed by atoms with Crippen LogP contribution in [-0.2, 0) is 6.54 Å². The number of carbonyl (C=O) groups excluding carboxylic acids is 2. The molecule has 0 aromatic heterocycles. The summed E-state index contributed by atoms with van der Waals surface area (Å²) >= 11 is 0. The number of amides is 4. The normalized spacial score (nSPS) is 23.5. The predicted octanol–water partition coefficient (Wildman–Crippen LogP) is 1.75. The molecule has 0 spiro atoms. The lowest BCUT2D eigenvalue weighted by molar-refractivity contribution is -0.140. The minimum Gasteiger partial charge on any atom is -0.360 e. The van der Waals surface area contributed by atoms with Gasteiger partial charge in [0, 0.05) is 38.2 Å². The molecule has 1 aromatic rings. The fraction of sp³-hybridized carbons (Fsp3) is 0.550. The van der Waals surface area contributed by atoms with Gasteiger partial charge in [-0.1, -0.05) is 6.07 Å². The van der Waals surface area contributed by atoms with E-state index in [9.17, 15) is 23.5 Å². The van der Waals surface area contributed by atoms with E-state index >= 15 is 0 Å². The zero-order valence-corrected chi connectivity index (χ0v) is 16.9. The summed E-state index contributed by atoms with van der Waals surface area (Å²) in [4.78, 5) is 27.4. The van der Waals surface area contributed by atoms with Crippen LogP contribution in [0.3, 0.4) is 0 Å². The summed E-state index contributed by atoms with van der Waals surface area (Å²) in [6.45, 7) is 1.18. The monoisotopic (exact) mass is 421 g/mol. The Kier molecular flexibility index (Phi) is 6.12. The van der Waals surface area contributed by atoms with Gasteiger partial charge in [-0.3, -0.25) is 0 Å². The molecule has 8 nitrogen and oxygen atoms in total. The van der Waals surface area contributed by atoms with Crippen LogP contribution in [0.15, 0.2) is 12.1 Å². The average molecular weight is 421 g/mol. The summed E-state index contributed by atoms with van der Waals surface area (Å²) in [5.74, 6) is -3.21. The number of nitrogens with one attached hydrogen (secondary N) is 2. The number of nitrogens with zero attached hydrogens (tertiary/aromatic N) is 3. The summed E-state index contributed by atoms with van der Waals surface area (Å²) in [7, 11) is 1.41. The topological polar surface area (TPSA) is 109 Å². The van der Waals surface area contributed by atoms with Gasteiger partial charge >= 0.3 is 12.1 Å². The number of nitriles is 1. The zero-order valence-electron chi connectivity index (χ0n) is 16.9. The molecule has 0 bridgehead atoms. The number of urea groups is 2. The second kappa shape index (κ2) is 8.44. The van der Waals surface area contributed by atoms with Crippen molar-refractivity contribution in [3.05, 3.63) is 34.6 Å². The van der Waals surface area contributed by atoms with Crippen LogP contribution < -0.4 is 10.6 Å². The van der Waals surface area contributed by atoms with Gasteiger partial charge in [0.15, 0.2) is 0 Å². The van der Waals surface area contributed by atoms with Crippen LogP contribution in [0.25, 0.3) is 0 Å². The number of piperidine rings is 1. The van der Waals surface area contributed by atoms with Crippen molar-refractivity contribution in [3.63, 3.8) is 0 Å². The van der Waals surface area contributed by atoms with Gasteiger partial charge in [0.2, 0.25) is 5.85 Å². The Morgan fingerprint density at radius 2 is 2.10 bits per heavy atom. The molecule has 1 aliphatic carbocycles. The van der Waals surface area contributed by atoms with Gasteiger partial charge < -0.3 is 25.5 Å². The number of aryl methyl sites for hydroxylation is 1. The molecule has 162 valence electrons. The maximum Gasteiger partial charge on any atom is 0.318 e. The molecule has 3 rings (SSSR count). The van der Waals surface area contributed by atoms with E-state index in [2.05, 4.69) is 10.6 Å². The first-order valence-corrected chi connectivity index (χ1v) is 9.78. The fourth-order valence-corrected chi connectivity index (χ4v) is 3.84. The maximum absolute atomic E-state index is 14.5. The molecule has 0 radical (unpaired) electrons. The Morgan fingerprint density at radius 1 is 1.40 bits per heavy atom. The highest BCUT2D eigenvalue weighted by molar-refractivity contribution is 5.76. The Balaban J connectivity index is 1.73. The zero-order chi connectivity index (χ0) is 22.1. The molecule has 1 saturated carbocycles. The summed E-state index contributed by atoms with van der Waals surface area (Å²) in [5.41, 5.74) is 1.05. The van der Waals surface area contributed by atoms with E-state index in [1.807, 2.05) is 6.07 Å². The van der Waals surface area contributed by atoms with E-state index in [-0.39, 0.29) is 36.7 Å². The Labute approximate surface area is 173 Å². The first kappa shape index (κ1) is 21.8. The quantitative estimate of drug-likeness (QED) is 0.688. The van der Waals surface area contributed by atoms with Crippen LogP contribution in [0.2, 0.25) is 0 Å². The molecule has 10 heteroatoms. The molecule has 30 heavy (non-hydrogen) atoms. The van der Waals surface area contributed by atoms with Crippen LogP contribution >= 0.6 is 0 Å². The Morgan fingerprint density at radius 3 is 2.70 bits per heavy atom. The summed E-state index contributed by atoms with van der Waals surface area (Å²) < 4.78 is 28.7. The van der Waals surface area contributed by atoms with E-state index in [1.165, 1.54) is 18.0 Å². The summed E-state index contributed by atoms with van der Waals surface area (Å²) in [6.07, 6.45) is 1.16. The lowest BCUT2D eigenvalue weighted by atomic mass is 9.99. The Bertz CT molecular complexity index is 882. The number of halogens is 2. The van der Waals surface area contributed by atoms with Gasteiger partial charge in [-0.2, -0.15) is 5.26 Å². The van der Waals surface area contributed by atoms with Crippen molar-refractivity contribution in [2.24, 2.45) is 0 Å². The van der Waals surface area contributed by atoms with Crippen LogP contribution in [-0.4, -0.2) is 65.0 Å². The van der Waals surface area contributed by atoms with Gasteiger partial charge in [0.1, 0.15) is 5.82 Å². The van der Waals surface area contributed by atoms with Crippen molar-refractivity contribution in [3.8, 4) is 6.07 Å². The molecule has 2 fully saturated rings. The van der Waals surface area contributed by atoms with Crippen molar-refractivity contribution in [1.29, 1.82) is 5.26 Å². The van der Waals surface area contributed by atoms with E-state index in [4.69, 9.17) is 5.26 Å². The second-order valence-electron chi connectivity index (χ2n) is 7.88. The van der Waals surface area contributed by atoms with Crippen LogP contribution in [0, 0.1) is 24.1 Å². The molecular formula is C20H25F2N5O3. The SMILES string of the molecule is CNC(=O)N1C[C@H](N(C(=O)NCc2cc(C)c(C#N)cc2F)C2CC2)CC(O)(F)C1. The Hall–Kier alpha value is -2.93. The standard InChI is InChI=1S/C20H25F2N5O3/c1-12-5-14(17(21)6-13(12)8-23)9-25-19(29)27(15-3-4-15)16-7-20(22,30)11-26(10-16)18(28)24-2/h5-6,15-16,30H,3-4,7,9-11H2,1-2H3,(H,24,28)(H,25,29)/t16-,20?/m1/s1. The highest BCUT2D eigenvalue weighted by atomic mass is 19.2. The number of aliphatic hydroxyl groups is 1.